The van der Waals surface area contributed by atoms with Crippen LogP contribution in [0.15, 0.2) is 59.2 Å². The third-order valence-corrected chi connectivity index (χ3v) is 5.49. The Morgan fingerprint density at radius 1 is 1.00 bits per heavy atom. The lowest BCUT2D eigenvalue weighted by Crippen LogP contribution is -2.45. The van der Waals surface area contributed by atoms with E-state index in [0.29, 0.717) is 23.1 Å². The Hall–Kier alpha value is -2.67. The van der Waals surface area contributed by atoms with Crippen LogP contribution in [-0.2, 0) is 13.1 Å². The maximum atomic E-state index is 12.4. The molecular weight excluding hydrogens is 400 g/mol. The van der Waals surface area contributed by atoms with E-state index in [9.17, 15) is 4.79 Å². The van der Waals surface area contributed by atoms with Gasteiger partial charge >= 0.3 is 0 Å². The topological polar surface area (TPSA) is 61.6 Å². The molecule has 2 aromatic carbocycles. The zero-order valence-electron chi connectivity index (χ0n) is 17.0. The molecule has 4 rings (SSSR count). The van der Waals surface area contributed by atoms with Crippen LogP contribution in [0, 0.1) is 6.92 Å². The van der Waals surface area contributed by atoms with Crippen molar-refractivity contribution in [3.8, 4) is 0 Å². The number of hydrogen-bond donors (Lipinski definition) is 1. The van der Waals surface area contributed by atoms with Gasteiger partial charge in [0.1, 0.15) is 6.26 Å². The highest BCUT2D eigenvalue weighted by Crippen LogP contribution is 2.16. The van der Waals surface area contributed by atoms with Gasteiger partial charge in [0, 0.05) is 43.4 Å². The third-order valence-electron chi connectivity index (χ3n) is 5.24. The summed E-state index contributed by atoms with van der Waals surface area (Å²) in [7, 11) is 0. The number of benzene rings is 2. The molecule has 0 aliphatic carbocycles. The fraction of sp³-hybridized carbons (Fsp3) is 0.304. The predicted molar refractivity (Wildman–Crippen MR) is 118 cm³/mol. The molecule has 0 radical (unpaired) electrons. The Morgan fingerprint density at radius 3 is 2.30 bits per heavy atom. The summed E-state index contributed by atoms with van der Waals surface area (Å²) in [6.07, 6.45) is 1.41. The van der Waals surface area contributed by atoms with Crippen molar-refractivity contribution in [2.24, 2.45) is 0 Å². The van der Waals surface area contributed by atoms with E-state index in [1.165, 1.54) is 17.4 Å². The molecule has 1 N–H and O–H groups in total. The number of amides is 1. The lowest BCUT2D eigenvalue weighted by Gasteiger charge is -2.34. The summed E-state index contributed by atoms with van der Waals surface area (Å²) in [5.41, 5.74) is 3.57. The number of aromatic nitrogens is 1. The van der Waals surface area contributed by atoms with Crippen LogP contribution in [0.25, 0.3) is 0 Å². The van der Waals surface area contributed by atoms with Gasteiger partial charge in [-0.3, -0.25) is 14.6 Å². The number of anilines is 1. The van der Waals surface area contributed by atoms with Crippen LogP contribution in [0.3, 0.4) is 0 Å². The van der Waals surface area contributed by atoms with E-state index >= 15 is 0 Å². The summed E-state index contributed by atoms with van der Waals surface area (Å²) in [5, 5.41) is 3.42. The predicted octanol–water partition coefficient (Wildman–Crippen LogP) is 4.21. The molecule has 1 aliphatic rings. The normalized spacial score (nSPS) is 15.3. The number of carbonyl (C=O) groups is 1. The first kappa shape index (κ1) is 20.6. The highest BCUT2D eigenvalue weighted by Gasteiger charge is 2.20. The summed E-state index contributed by atoms with van der Waals surface area (Å²) >= 11 is 5.87. The number of carbonyl (C=O) groups excluding carboxylic acids is 1. The van der Waals surface area contributed by atoms with Gasteiger partial charge in [-0.1, -0.05) is 41.4 Å². The van der Waals surface area contributed by atoms with E-state index in [1.54, 1.807) is 24.3 Å². The summed E-state index contributed by atoms with van der Waals surface area (Å²) in [6.45, 7) is 7.57. The Labute approximate surface area is 181 Å². The van der Waals surface area contributed by atoms with Gasteiger partial charge in [-0.05, 0) is 36.8 Å². The highest BCUT2D eigenvalue weighted by atomic mass is 35.5. The monoisotopic (exact) mass is 424 g/mol. The maximum absolute atomic E-state index is 12.4. The number of piperazine rings is 1. The molecule has 6 nitrogen and oxygen atoms in total. The van der Waals surface area contributed by atoms with Crippen LogP contribution >= 0.6 is 11.6 Å². The average molecular weight is 425 g/mol. The van der Waals surface area contributed by atoms with Crippen molar-refractivity contribution in [1.82, 2.24) is 14.8 Å². The van der Waals surface area contributed by atoms with Gasteiger partial charge in [-0.25, -0.2) is 4.98 Å². The van der Waals surface area contributed by atoms with Gasteiger partial charge < -0.3 is 9.73 Å². The molecule has 0 spiro atoms. The minimum absolute atomic E-state index is 0.276. The second-order valence-electron chi connectivity index (χ2n) is 7.63. The number of hydrogen-bond acceptors (Lipinski definition) is 5. The molecule has 3 aromatic rings. The average Bonchev–Trinajstić information content (AvgIpc) is 3.21. The van der Waals surface area contributed by atoms with Crippen LogP contribution in [0.1, 0.15) is 27.5 Å². The Bertz CT molecular complexity index is 977. The second kappa shape index (κ2) is 9.43. The van der Waals surface area contributed by atoms with E-state index in [1.807, 2.05) is 0 Å². The highest BCUT2D eigenvalue weighted by molar-refractivity contribution is 6.30. The van der Waals surface area contributed by atoms with Crippen molar-refractivity contribution in [3.05, 3.63) is 82.5 Å². The summed E-state index contributed by atoms with van der Waals surface area (Å²) in [5.74, 6) is 0.262. The lowest BCUT2D eigenvalue weighted by atomic mass is 10.1. The molecule has 7 heteroatoms. The second-order valence-corrected chi connectivity index (χ2v) is 8.06. The fourth-order valence-electron chi connectivity index (χ4n) is 3.46. The molecule has 0 saturated carbocycles. The van der Waals surface area contributed by atoms with Crippen LogP contribution in [0.5, 0.6) is 0 Å². The zero-order valence-corrected chi connectivity index (χ0v) is 17.7. The van der Waals surface area contributed by atoms with Gasteiger partial charge in [0.25, 0.3) is 5.91 Å². The van der Waals surface area contributed by atoms with E-state index < -0.39 is 0 Å². The largest absolute Gasteiger partial charge is 0.447 e. The van der Waals surface area contributed by atoms with Crippen molar-refractivity contribution in [2.75, 3.05) is 31.5 Å². The Morgan fingerprint density at radius 2 is 1.63 bits per heavy atom. The molecule has 1 amide bonds. The van der Waals surface area contributed by atoms with Gasteiger partial charge in [0.2, 0.25) is 5.89 Å². The quantitative estimate of drug-likeness (QED) is 0.642. The standard InChI is InChI=1S/C23H25ClN4O2/c1-17-2-4-18(5-3-17)14-27-10-12-28(13-11-27)15-22-26-21(16-30-22)23(29)25-20-8-6-19(24)7-9-20/h2-9,16H,10-15H2,1H3,(H,25,29). The minimum Gasteiger partial charge on any atom is -0.447 e. The fourth-order valence-corrected chi connectivity index (χ4v) is 3.59. The number of aryl methyl sites for hydroxylation is 1. The van der Waals surface area contributed by atoms with Crippen LogP contribution in [0.2, 0.25) is 5.02 Å². The van der Waals surface area contributed by atoms with E-state index in [2.05, 4.69) is 51.3 Å². The first-order valence-electron chi connectivity index (χ1n) is 10.1. The molecule has 0 bridgehead atoms. The van der Waals surface area contributed by atoms with Crippen molar-refractivity contribution in [3.63, 3.8) is 0 Å². The van der Waals surface area contributed by atoms with E-state index in [4.69, 9.17) is 16.0 Å². The number of rotatable bonds is 6. The van der Waals surface area contributed by atoms with Gasteiger partial charge in [0.05, 0.1) is 6.54 Å². The zero-order chi connectivity index (χ0) is 20.9. The van der Waals surface area contributed by atoms with Crippen LogP contribution < -0.4 is 5.32 Å². The van der Waals surface area contributed by atoms with Gasteiger partial charge in [-0.2, -0.15) is 0 Å². The molecule has 0 unspecified atom stereocenters. The lowest BCUT2D eigenvalue weighted by molar-refractivity contribution is 0.102. The van der Waals surface area contributed by atoms with Crippen molar-refractivity contribution in [1.29, 1.82) is 0 Å². The van der Waals surface area contributed by atoms with Crippen LogP contribution in [-0.4, -0.2) is 46.9 Å². The Kier molecular flexibility index (Phi) is 6.47. The Balaban J connectivity index is 1.25. The molecule has 0 atom stereocenters. The van der Waals surface area contributed by atoms with Gasteiger partial charge in [0.15, 0.2) is 5.69 Å². The third kappa shape index (κ3) is 5.48. The maximum Gasteiger partial charge on any atom is 0.277 e. The minimum atomic E-state index is -0.296. The van der Waals surface area contributed by atoms with Crippen molar-refractivity contribution >= 4 is 23.2 Å². The van der Waals surface area contributed by atoms with E-state index in [-0.39, 0.29) is 11.6 Å². The molecule has 30 heavy (non-hydrogen) atoms. The summed E-state index contributed by atoms with van der Waals surface area (Å²) < 4.78 is 5.53. The molecule has 1 aromatic heterocycles. The summed E-state index contributed by atoms with van der Waals surface area (Å²) in [6, 6.07) is 15.7. The number of halogens is 1. The molecule has 1 saturated heterocycles. The van der Waals surface area contributed by atoms with Crippen LogP contribution in [0.4, 0.5) is 5.69 Å². The number of nitrogens with one attached hydrogen (secondary N) is 1. The molecular formula is C23H25ClN4O2. The van der Waals surface area contributed by atoms with Gasteiger partial charge in [-0.15, -0.1) is 0 Å². The smallest absolute Gasteiger partial charge is 0.277 e. The SMILES string of the molecule is Cc1ccc(CN2CCN(Cc3nc(C(=O)Nc4ccc(Cl)cc4)co3)CC2)cc1. The number of oxazole rings is 1. The van der Waals surface area contributed by atoms with Crippen molar-refractivity contribution in [2.45, 2.75) is 20.0 Å². The van der Waals surface area contributed by atoms with E-state index in [0.717, 1.165) is 32.7 Å². The first-order valence-corrected chi connectivity index (χ1v) is 10.4. The summed E-state index contributed by atoms with van der Waals surface area (Å²) in [4.78, 5) is 21.5. The molecule has 1 fully saturated rings. The molecule has 2 heterocycles. The molecule has 1 aliphatic heterocycles. The first-order chi connectivity index (χ1) is 14.5. The van der Waals surface area contributed by atoms with Crippen molar-refractivity contribution < 1.29 is 9.21 Å². The molecule has 156 valence electrons. The number of nitrogens with zero attached hydrogens (tertiary/aromatic N) is 3.